The van der Waals surface area contributed by atoms with Gasteiger partial charge in [-0.25, -0.2) is 4.98 Å². The van der Waals surface area contributed by atoms with Gasteiger partial charge in [0.15, 0.2) is 0 Å². The molecule has 1 aromatic heterocycles. The molecule has 2 heterocycles. The van der Waals surface area contributed by atoms with E-state index in [4.69, 9.17) is 32.7 Å². The fourth-order valence-electron chi connectivity index (χ4n) is 3.80. The number of nitrogens with zero attached hydrogens (tertiary/aromatic N) is 3. The lowest BCUT2D eigenvalue weighted by Crippen LogP contribution is -2.55. The first kappa shape index (κ1) is 24.8. The molecule has 1 fully saturated rings. The minimum atomic E-state index is -0.565. The van der Waals surface area contributed by atoms with E-state index in [1.54, 1.807) is 19.1 Å². The summed E-state index contributed by atoms with van der Waals surface area (Å²) >= 11 is 13.1. The fourth-order valence-corrected chi connectivity index (χ4v) is 4.38. The van der Waals surface area contributed by atoms with E-state index in [0.717, 1.165) is 10.9 Å². The van der Waals surface area contributed by atoms with Crippen molar-refractivity contribution in [2.75, 3.05) is 31.1 Å². The molecule has 1 saturated heterocycles. The quantitative estimate of drug-likeness (QED) is 0.438. The highest BCUT2D eigenvalue weighted by molar-refractivity contribution is 6.38. The first-order valence-electron chi connectivity index (χ1n) is 11.0. The van der Waals surface area contributed by atoms with Crippen molar-refractivity contribution >= 4 is 57.6 Å². The topological polar surface area (TPSA) is 89.0 Å². The highest BCUT2D eigenvalue weighted by Crippen LogP contribution is 2.36. The third-order valence-electron chi connectivity index (χ3n) is 5.60. The van der Waals surface area contributed by atoms with Crippen LogP contribution in [0.2, 0.25) is 10.0 Å². The number of amides is 2. The highest BCUT2D eigenvalue weighted by atomic mass is 35.5. The van der Waals surface area contributed by atoms with Gasteiger partial charge in [0.1, 0.15) is 32.0 Å². The van der Waals surface area contributed by atoms with E-state index < -0.39 is 5.97 Å². The number of piperazine rings is 1. The number of benzene rings is 2. The number of fused-ring (bicyclic) bond motifs is 1. The first-order valence-corrected chi connectivity index (χ1v) is 11.7. The predicted octanol–water partition coefficient (Wildman–Crippen LogP) is 4.17. The number of esters is 1. The van der Waals surface area contributed by atoms with Gasteiger partial charge in [-0.1, -0.05) is 41.4 Å². The standard InChI is InChI=1S/C25H23Cl2N3O5/c1-3-34-24(33)13-29-11-23(32)30(12-22(29)31)20-9-8-18(26)17(25(20)27)14-35-21-10-16-6-4-5-7-19(16)28-15(21)2/h4-10H,3,11-14H2,1-2H3. The summed E-state index contributed by atoms with van der Waals surface area (Å²) < 4.78 is 10.9. The van der Waals surface area contributed by atoms with Gasteiger partial charge in [0.25, 0.3) is 0 Å². The van der Waals surface area contributed by atoms with E-state index in [9.17, 15) is 14.4 Å². The molecular weight excluding hydrogens is 493 g/mol. The van der Waals surface area contributed by atoms with Crippen molar-refractivity contribution in [2.24, 2.45) is 0 Å². The van der Waals surface area contributed by atoms with Crippen LogP contribution < -0.4 is 9.64 Å². The van der Waals surface area contributed by atoms with Crippen molar-refractivity contribution in [2.45, 2.75) is 20.5 Å². The molecule has 0 radical (unpaired) electrons. The van der Waals surface area contributed by atoms with Crippen LogP contribution in [0.3, 0.4) is 0 Å². The number of ether oxygens (including phenoxy) is 2. The van der Waals surface area contributed by atoms with Gasteiger partial charge in [-0.2, -0.15) is 0 Å². The molecule has 0 aliphatic carbocycles. The number of carbonyl (C=O) groups excluding carboxylic acids is 3. The number of rotatable bonds is 7. The van der Waals surface area contributed by atoms with Crippen molar-refractivity contribution in [3.8, 4) is 5.75 Å². The third kappa shape index (κ3) is 5.33. The molecule has 2 amide bonds. The van der Waals surface area contributed by atoms with Crippen LogP contribution in [-0.2, 0) is 25.7 Å². The molecule has 0 N–H and O–H groups in total. The zero-order valence-corrected chi connectivity index (χ0v) is 20.7. The lowest BCUT2D eigenvalue weighted by Gasteiger charge is -2.34. The maximum Gasteiger partial charge on any atom is 0.325 e. The zero-order valence-electron chi connectivity index (χ0n) is 19.2. The molecule has 0 saturated carbocycles. The summed E-state index contributed by atoms with van der Waals surface area (Å²) in [5, 5.41) is 1.51. The molecule has 35 heavy (non-hydrogen) atoms. The lowest BCUT2D eigenvalue weighted by molar-refractivity contribution is -0.150. The van der Waals surface area contributed by atoms with Crippen LogP contribution in [0, 0.1) is 6.92 Å². The van der Waals surface area contributed by atoms with Crippen LogP contribution in [-0.4, -0.2) is 53.9 Å². The van der Waals surface area contributed by atoms with Crippen LogP contribution in [0.25, 0.3) is 10.9 Å². The Kier molecular flexibility index (Phi) is 7.42. The number of aromatic nitrogens is 1. The minimum Gasteiger partial charge on any atom is -0.487 e. The summed E-state index contributed by atoms with van der Waals surface area (Å²) in [6.07, 6.45) is 0. The van der Waals surface area contributed by atoms with Crippen molar-refractivity contribution in [3.05, 3.63) is 63.8 Å². The molecule has 182 valence electrons. The largest absolute Gasteiger partial charge is 0.487 e. The molecule has 0 atom stereocenters. The normalized spacial score (nSPS) is 13.9. The predicted molar refractivity (Wildman–Crippen MR) is 133 cm³/mol. The Bertz CT molecular complexity index is 1310. The van der Waals surface area contributed by atoms with Gasteiger partial charge in [0, 0.05) is 16.0 Å². The van der Waals surface area contributed by atoms with Gasteiger partial charge in [-0.3, -0.25) is 19.3 Å². The molecule has 0 bridgehead atoms. The summed E-state index contributed by atoms with van der Waals surface area (Å²) in [5.74, 6) is -0.747. The molecule has 10 heteroatoms. The molecule has 1 aliphatic rings. The van der Waals surface area contributed by atoms with Crippen molar-refractivity contribution in [1.82, 2.24) is 9.88 Å². The summed E-state index contributed by atoms with van der Waals surface area (Å²) in [6, 6.07) is 12.8. The van der Waals surface area contributed by atoms with Gasteiger partial charge in [-0.05, 0) is 38.1 Å². The smallest absolute Gasteiger partial charge is 0.325 e. The number of aryl methyl sites for hydroxylation is 1. The second-order valence-corrected chi connectivity index (χ2v) is 8.73. The first-order chi connectivity index (χ1) is 16.8. The van der Waals surface area contributed by atoms with Gasteiger partial charge < -0.3 is 14.4 Å². The second kappa shape index (κ2) is 10.5. The number of para-hydroxylation sites is 1. The van der Waals surface area contributed by atoms with Crippen LogP contribution in [0.4, 0.5) is 5.69 Å². The second-order valence-electron chi connectivity index (χ2n) is 7.95. The molecule has 2 aromatic carbocycles. The van der Waals surface area contributed by atoms with Crippen molar-refractivity contribution in [1.29, 1.82) is 0 Å². The Morgan fingerprint density at radius 1 is 1.09 bits per heavy atom. The third-order valence-corrected chi connectivity index (χ3v) is 6.37. The number of pyridine rings is 1. The molecule has 0 spiro atoms. The van der Waals surface area contributed by atoms with E-state index in [2.05, 4.69) is 4.98 Å². The average Bonchev–Trinajstić information content (AvgIpc) is 2.82. The van der Waals surface area contributed by atoms with Crippen LogP contribution >= 0.6 is 23.2 Å². The molecule has 0 unspecified atom stereocenters. The van der Waals surface area contributed by atoms with Crippen LogP contribution in [0.15, 0.2) is 42.5 Å². The minimum absolute atomic E-state index is 0.0390. The van der Waals surface area contributed by atoms with Crippen LogP contribution in [0.1, 0.15) is 18.2 Å². The maximum atomic E-state index is 12.8. The Labute approximate surface area is 212 Å². The Balaban J connectivity index is 1.53. The van der Waals surface area contributed by atoms with Crippen LogP contribution in [0.5, 0.6) is 5.75 Å². The monoisotopic (exact) mass is 515 g/mol. The van der Waals surface area contributed by atoms with Crippen molar-refractivity contribution in [3.63, 3.8) is 0 Å². The van der Waals surface area contributed by atoms with Gasteiger partial charge in [0.05, 0.1) is 28.5 Å². The number of carbonyl (C=O) groups is 3. The van der Waals surface area contributed by atoms with E-state index >= 15 is 0 Å². The Hall–Kier alpha value is -3.36. The average molecular weight is 516 g/mol. The summed E-state index contributed by atoms with van der Waals surface area (Å²) in [7, 11) is 0. The van der Waals surface area contributed by atoms with Gasteiger partial charge in [0.2, 0.25) is 11.8 Å². The summed E-state index contributed by atoms with van der Waals surface area (Å²) in [4.78, 5) is 44.2. The number of halogens is 2. The number of anilines is 1. The Morgan fingerprint density at radius 3 is 2.63 bits per heavy atom. The summed E-state index contributed by atoms with van der Waals surface area (Å²) in [6.45, 7) is 2.96. The molecule has 4 rings (SSSR count). The van der Waals surface area contributed by atoms with Gasteiger partial charge >= 0.3 is 5.97 Å². The molecule has 3 aromatic rings. The van der Waals surface area contributed by atoms with E-state index in [1.165, 1.54) is 9.80 Å². The number of hydrogen-bond acceptors (Lipinski definition) is 6. The van der Waals surface area contributed by atoms with E-state index in [0.29, 0.717) is 27.7 Å². The van der Waals surface area contributed by atoms with E-state index in [1.807, 2.05) is 37.3 Å². The van der Waals surface area contributed by atoms with E-state index in [-0.39, 0.29) is 49.7 Å². The van der Waals surface area contributed by atoms with Gasteiger partial charge in [-0.15, -0.1) is 0 Å². The fraction of sp³-hybridized carbons (Fsp3) is 0.280. The van der Waals surface area contributed by atoms with Crippen molar-refractivity contribution < 1.29 is 23.9 Å². The molecule has 8 nitrogen and oxygen atoms in total. The number of hydrogen-bond donors (Lipinski definition) is 0. The maximum absolute atomic E-state index is 12.8. The SMILES string of the molecule is CCOC(=O)CN1CC(=O)N(c2ccc(Cl)c(COc3cc4ccccc4nc3C)c2Cl)CC1=O. The Morgan fingerprint density at radius 2 is 1.86 bits per heavy atom. The summed E-state index contributed by atoms with van der Waals surface area (Å²) in [5.41, 5.74) is 2.40. The highest BCUT2D eigenvalue weighted by Gasteiger charge is 2.33. The molecule has 1 aliphatic heterocycles. The zero-order chi connectivity index (χ0) is 25.1. The lowest BCUT2D eigenvalue weighted by atomic mass is 10.1. The molecular formula is C25H23Cl2N3O5.